The molecule has 2 aliphatic carbocycles. The molecule has 0 aliphatic heterocycles. The van der Waals surface area contributed by atoms with Crippen LogP contribution in [-0.4, -0.2) is 42.6 Å². The first kappa shape index (κ1) is 26.4. The third-order valence-electron chi connectivity index (χ3n) is 5.10. The summed E-state index contributed by atoms with van der Waals surface area (Å²) in [5.41, 5.74) is -1.86. The van der Waals surface area contributed by atoms with Gasteiger partial charge in [0.2, 0.25) is 0 Å². The maximum Gasteiger partial charge on any atom is 0.417 e. The lowest BCUT2D eigenvalue weighted by atomic mass is 10.2. The fourth-order valence-electron chi connectivity index (χ4n) is 3.44. The summed E-state index contributed by atoms with van der Waals surface area (Å²) in [5, 5.41) is 17.8. The van der Waals surface area contributed by atoms with Gasteiger partial charge in [0, 0.05) is 4.47 Å². The first-order valence-electron chi connectivity index (χ1n) is 9.88. The summed E-state index contributed by atoms with van der Waals surface area (Å²) < 4.78 is 70.7. The molecule has 12 heteroatoms. The Bertz CT molecular complexity index is 988. The van der Waals surface area contributed by atoms with Crippen LogP contribution < -0.4 is 5.32 Å². The third kappa shape index (κ3) is 6.83. The van der Waals surface area contributed by atoms with E-state index in [2.05, 4.69) is 21.2 Å². The summed E-state index contributed by atoms with van der Waals surface area (Å²) in [7, 11) is -4.06. The number of carboxylic acid groups (broad SMARTS) is 1. The minimum atomic E-state index is -4.72. The molecule has 2 atom stereocenters. The molecule has 0 radical (unpaired) electrons. The first-order valence-corrected chi connectivity index (χ1v) is 12.2. The molecule has 32 heavy (non-hydrogen) atoms. The van der Waals surface area contributed by atoms with E-state index >= 15 is 0 Å². The quantitative estimate of drug-likeness (QED) is 0.548. The predicted octanol–water partition coefficient (Wildman–Crippen LogP) is 4.90. The van der Waals surface area contributed by atoms with Crippen LogP contribution >= 0.6 is 15.9 Å². The number of nitrogens with one attached hydrogen (secondary N) is 1. The summed E-state index contributed by atoms with van der Waals surface area (Å²) in [6.07, 6.45) is -3.72. The average molecular weight is 541 g/mol. The molecule has 2 N–H and O–H groups in total. The number of rotatable bonds is 5. The third-order valence-corrected chi connectivity index (χ3v) is 7.87. The maximum absolute atomic E-state index is 13.2. The molecular weight excluding hydrogens is 517 g/mol. The maximum atomic E-state index is 13.2. The van der Waals surface area contributed by atoms with Gasteiger partial charge in [-0.1, -0.05) is 15.9 Å². The molecular formula is C20H24BrF3N2O5S. The second-order valence-corrected chi connectivity index (χ2v) is 11.2. The second-order valence-electron chi connectivity index (χ2n) is 8.05. The van der Waals surface area contributed by atoms with Crippen LogP contribution in [0.25, 0.3) is 0 Å². The Morgan fingerprint density at radius 1 is 1.34 bits per heavy atom. The van der Waals surface area contributed by atoms with Crippen molar-refractivity contribution in [3.05, 3.63) is 28.2 Å². The summed E-state index contributed by atoms with van der Waals surface area (Å²) in [4.78, 5) is 9.30. The van der Waals surface area contributed by atoms with Crippen LogP contribution in [0, 0.1) is 11.3 Å². The van der Waals surface area contributed by atoms with Crippen molar-refractivity contribution in [2.75, 3.05) is 0 Å². The van der Waals surface area contributed by atoms with Crippen LogP contribution in [0.4, 0.5) is 18.0 Å². The van der Waals surface area contributed by atoms with Crippen LogP contribution in [0.3, 0.4) is 0 Å². The van der Waals surface area contributed by atoms with E-state index in [1.165, 1.54) is 6.07 Å². The number of hydrogen-bond donors (Lipinski definition) is 2. The number of amides is 1. The normalized spacial score (nSPS) is 21.9. The van der Waals surface area contributed by atoms with Gasteiger partial charge in [0.1, 0.15) is 5.54 Å². The summed E-state index contributed by atoms with van der Waals surface area (Å²) in [6, 6.07) is 5.05. The van der Waals surface area contributed by atoms with Crippen molar-refractivity contribution in [1.29, 1.82) is 5.26 Å². The molecule has 1 aromatic carbocycles. The van der Waals surface area contributed by atoms with Gasteiger partial charge in [-0.15, -0.1) is 0 Å². The Labute approximate surface area is 193 Å². The topological polar surface area (TPSA) is 116 Å². The molecule has 0 saturated heterocycles. The number of benzene rings is 1. The van der Waals surface area contributed by atoms with E-state index in [0.717, 1.165) is 12.1 Å². The zero-order valence-corrected chi connectivity index (χ0v) is 19.8. The van der Waals surface area contributed by atoms with E-state index in [0.29, 0.717) is 25.7 Å². The SMILES string of the molecule is CC(C)O[C@H]1CC[C@H](S(=O)(=O)c2ccc(Br)cc2C(F)(F)F)C1.N#CC1(NC(=O)O)CC1. The van der Waals surface area contributed by atoms with Gasteiger partial charge in [-0.3, -0.25) is 0 Å². The molecule has 3 rings (SSSR count). The van der Waals surface area contributed by atoms with Gasteiger partial charge >= 0.3 is 12.3 Å². The Morgan fingerprint density at radius 3 is 2.41 bits per heavy atom. The lowest BCUT2D eigenvalue weighted by Gasteiger charge is -2.18. The number of nitrogens with zero attached hydrogens (tertiary/aromatic N) is 1. The van der Waals surface area contributed by atoms with Crippen molar-refractivity contribution in [3.63, 3.8) is 0 Å². The minimum Gasteiger partial charge on any atom is -0.465 e. The fourth-order valence-corrected chi connectivity index (χ4v) is 5.81. The van der Waals surface area contributed by atoms with Crippen molar-refractivity contribution in [1.82, 2.24) is 5.32 Å². The molecule has 1 aromatic rings. The van der Waals surface area contributed by atoms with Crippen LogP contribution in [-0.2, 0) is 20.8 Å². The van der Waals surface area contributed by atoms with Crippen LogP contribution in [0.5, 0.6) is 0 Å². The van der Waals surface area contributed by atoms with E-state index in [-0.39, 0.29) is 23.1 Å². The number of hydrogen-bond acceptors (Lipinski definition) is 5. The van der Waals surface area contributed by atoms with Crippen LogP contribution in [0.2, 0.25) is 0 Å². The second kappa shape index (κ2) is 9.97. The predicted molar refractivity (Wildman–Crippen MR) is 113 cm³/mol. The van der Waals surface area contributed by atoms with Gasteiger partial charge < -0.3 is 15.2 Å². The molecule has 178 valence electrons. The summed E-state index contributed by atoms with van der Waals surface area (Å²) >= 11 is 2.96. The zero-order valence-electron chi connectivity index (χ0n) is 17.4. The summed E-state index contributed by atoms with van der Waals surface area (Å²) in [6.45, 7) is 3.69. The van der Waals surface area contributed by atoms with E-state index in [1.807, 2.05) is 19.9 Å². The van der Waals surface area contributed by atoms with Crippen molar-refractivity contribution in [3.8, 4) is 6.07 Å². The van der Waals surface area contributed by atoms with Crippen LogP contribution in [0.1, 0.15) is 51.5 Å². The minimum absolute atomic E-state index is 0.0418. The Hall–Kier alpha value is -1.84. The van der Waals surface area contributed by atoms with E-state index in [1.54, 1.807) is 0 Å². The molecule has 0 spiro atoms. The largest absolute Gasteiger partial charge is 0.465 e. The number of ether oxygens (including phenoxy) is 1. The lowest BCUT2D eigenvalue weighted by molar-refractivity contribution is -0.139. The number of nitriles is 1. The van der Waals surface area contributed by atoms with Gasteiger partial charge in [-0.2, -0.15) is 18.4 Å². The highest BCUT2D eigenvalue weighted by molar-refractivity contribution is 9.10. The number of sulfone groups is 1. The van der Waals surface area contributed by atoms with E-state index in [9.17, 15) is 26.4 Å². The van der Waals surface area contributed by atoms with Gasteiger partial charge in [0.05, 0.1) is 34.0 Å². The number of carbonyl (C=O) groups is 1. The molecule has 1 amide bonds. The van der Waals surface area contributed by atoms with E-state index in [4.69, 9.17) is 15.1 Å². The highest BCUT2D eigenvalue weighted by Crippen LogP contribution is 2.40. The lowest BCUT2D eigenvalue weighted by Crippen LogP contribution is -2.33. The zero-order chi connectivity index (χ0) is 24.3. The molecule has 7 nitrogen and oxygen atoms in total. The highest BCUT2D eigenvalue weighted by atomic mass is 79.9. The molecule has 0 unspecified atom stereocenters. The van der Waals surface area contributed by atoms with Crippen molar-refractivity contribution < 1.29 is 36.2 Å². The molecule has 0 heterocycles. The van der Waals surface area contributed by atoms with Gasteiger partial charge in [0.15, 0.2) is 9.84 Å². The van der Waals surface area contributed by atoms with E-state index < -0.39 is 43.4 Å². The Kier molecular flexibility index (Phi) is 8.23. The monoisotopic (exact) mass is 540 g/mol. The fraction of sp³-hybridized carbons (Fsp3) is 0.600. The van der Waals surface area contributed by atoms with Gasteiger partial charge in [-0.25, -0.2) is 13.2 Å². The smallest absolute Gasteiger partial charge is 0.417 e. The number of halogens is 4. The molecule has 2 aliphatic rings. The molecule has 2 fully saturated rings. The molecule has 0 aromatic heterocycles. The first-order chi connectivity index (χ1) is 14.7. The molecule has 0 bridgehead atoms. The van der Waals surface area contributed by atoms with Crippen molar-refractivity contribution in [2.24, 2.45) is 0 Å². The van der Waals surface area contributed by atoms with Crippen molar-refractivity contribution >= 4 is 31.9 Å². The Morgan fingerprint density at radius 2 is 1.97 bits per heavy atom. The summed E-state index contributed by atoms with van der Waals surface area (Å²) in [5.74, 6) is 0. The highest BCUT2D eigenvalue weighted by Gasteiger charge is 2.45. The van der Waals surface area contributed by atoms with Gasteiger partial charge in [-0.05, 0) is 64.2 Å². The average Bonchev–Trinajstić information content (AvgIpc) is 3.26. The molecule has 2 saturated carbocycles. The number of alkyl halides is 3. The van der Waals surface area contributed by atoms with Gasteiger partial charge in [0.25, 0.3) is 0 Å². The van der Waals surface area contributed by atoms with Crippen LogP contribution in [0.15, 0.2) is 27.6 Å². The Balaban J connectivity index is 0.000000336. The van der Waals surface area contributed by atoms with Crippen molar-refractivity contribution in [2.45, 2.75) is 80.0 Å². The standard InChI is InChI=1S/C15H18BrF3O3S.C5H6N2O2/c1-9(2)22-11-4-5-12(8-11)23(20,21)14-6-3-10(16)7-13(14)15(17,18)19;6-3-5(1-2-5)7-4(8)9/h3,6-7,9,11-12H,4-5,8H2,1-2H3;7H,1-2H2,(H,8,9)/t11-,12-;/m0./s1.